The van der Waals surface area contributed by atoms with Crippen LogP contribution in [0.1, 0.15) is 50.3 Å². The lowest BCUT2D eigenvalue weighted by molar-refractivity contribution is -0.119. The largest absolute Gasteiger partial charge is 0.353 e. The van der Waals surface area contributed by atoms with E-state index in [0.29, 0.717) is 27.6 Å². The maximum atomic E-state index is 13.4. The summed E-state index contributed by atoms with van der Waals surface area (Å²) in [6.45, 7) is 4.10. The second kappa shape index (κ2) is 11.6. The Kier molecular flexibility index (Phi) is 8.32. The highest BCUT2D eigenvalue weighted by Gasteiger charge is 2.35. The highest BCUT2D eigenvalue weighted by molar-refractivity contribution is 8.03. The van der Waals surface area contributed by atoms with Crippen LogP contribution >= 0.6 is 23.1 Å². The molecule has 1 saturated carbocycles. The van der Waals surface area contributed by atoms with E-state index in [-0.39, 0.29) is 23.6 Å². The molecule has 1 fully saturated rings. The molecule has 1 aliphatic heterocycles. The van der Waals surface area contributed by atoms with Gasteiger partial charge in [-0.2, -0.15) is 5.26 Å². The zero-order chi connectivity index (χ0) is 24.8. The molecule has 1 aromatic carbocycles. The quantitative estimate of drug-likeness (QED) is 0.460. The first-order valence-electron chi connectivity index (χ1n) is 11.9. The van der Waals surface area contributed by atoms with E-state index in [9.17, 15) is 14.9 Å². The van der Waals surface area contributed by atoms with E-state index in [1.165, 1.54) is 23.1 Å². The summed E-state index contributed by atoms with van der Waals surface area (Å²) >= 11 is 2.83. The van der Waals surface area contributed by atoms with E-state index in [0.717, 1.165) is 36.5 Å². The van der Waals surface area contributed by atoms with E-state index < -0.39 is 5.92 Å². The summed E-state index contributed by atoms with van der Waals surface area (Å²) in [4.78, 5) is 26.9. The summed E-state index contributed by atoms with van der Waals surface area (Å²) in [5.41, 5.74) is 2.35. The van der Waals surface area contributed by atoms with E-state index in [2.05, 4.69) is 28.9 Å². The number of rotatable bonds is 7. The van der Waals surface area contributed by atoms with Crippen molar-refractivity contribution < 1.29 is 9.59 Å². The van der Waals surface area contributed by atoms with Crippen molar-refractivity contribution >= 4 is 40.6 Å². The number of thioether (sulfide) groups is 1. The van der Waals surface area contributed by atoms with Gasteiger partial charge in [0.25, 0.3) is 5.91 Å². The number of allylic oxidation sites excluding steroid dienone is 2. The number of anilines is 1. The number of benzene rings is 1. The number of carbonyl (C=O) groups is 2. The van der Waals surface area contributed by atoms with Crippen LogP contribution in [0.3, 0.4) is 0 Å². The number of hydrogen-bond donors (Lipinski definition) is 3. The van der Waals surface area contributed by atoms with E-state index in [1.54, 1.807) is 0 Å². The lowest BCUT2D eigenvalue weighted by Gasteiger charge is -2.29. The second-order valence-corrected chi connectivity index (χ2v) is 11.1. The normalized spacial score (nSPS) is 22.3. The third-order valence-corrected chi connectivity index (χ3v) is 8.43. The number of nitriles is 1. The van der Waals surface area contributed by atoms with Crippen molar-refractivity contribution in [3.05, 3.63) is 74.6 Å². The average Bonchev–Trinajstić information content (AvgIpc) is 3.39. The first-order valence-corrected chi connectivity index (χ1v) is 13.8. The Labute approximate surface area is 214 Å². The Morgan fingerprint density at radius 1 is 1.14 bits per heavy atom. The first-order chi connectivity index (χ1) is 17.0. The molecule has 35 heavy (non-hydrogen) atoms. The molecule has 0 bridgehead atoms. The van der Waals surface area contributed by atoms with Gasteiger partial charge in [-0.3, -0.25) is 9.59 Å². The fraction of sp³-hybridized carbons (Fsp3) is 0.370. The van der Waals surface area contributed by atoms with Gasteiger partial charge in [0.2, 0.25) is 5.91 Å². The third kappa shape index (κ3) is 6.16. The SMILES string of the molecule is CC1=C(C(=O)Nc2ccccc2)C(c2cccs2)C(C#N)=C(SCC(=O)NC2CCC(C)CC2)N1. The summed E-state index contributed by atoms with van der Waals surface area (Å²) < 4.78 is 0. The Balaban J connectivity index is 1.52. The van der Waals surface area contributed by atoms with Gasteiger partial charge in [-0.15, -0.1) is 11.3 Å². The summed E-state index contributed by atoms with van der Waals surface area (Å²) in [5.74, 6) is 0.180. The van der Waals surface area contributed by atoms with Gasteiger partial charge in [0.15, 0.2) is 0 Å². The predicted octanol–water partition coefficient (Wildman–Crippen LogP) is 5.51. The molecule has 3 N–H and O–H groups in total. The molecule has 1 aromatic heterocycles. The van der Waals surface area contributed by atoms with Crippen LogP contribution in [0.25, 0.3) is 0 Å². The number of dihydropyridines is 1. The number of para-hydroxylation sites is 1. The Morgan fingerprint density at radius 3 is 2.54 bits per heavy atom. The van der Waals surface area contributed by atoms with Gasteiger partial charge in [-0.05, 0) is 62.1 Å². The molecule has 2 aliphatic rings. The summed E-state index contributed by atoms with van der Waals surface area (Å²) in [7, 11) is 0. The molecule has 182 valence electrons. The number of nitrogens with zero attached hydrogens (tertiary/aromatic N) is 1. The molecule has 0 spiro atoms. The number of hydrogen-bond acceptors (Lipinski definition) is 6. The van der Waals surface area contributed by atoms with Crippen molar-refractivity contribution in [2.45, 2.75) is 51.5 Å². The monoisotopic (exact) mass is 506 g/mol. The molecule has 0 saturated heterocycles. The fourth-order valence-corrected chi connectivity index (χ4v) is 6.35. The van der Waals surface area contributed by atoms with Crippen LogP contribution in [0.5, 0.6) is 0 Å². The van der Waals surface area contributed by atoms with E-state index in [1.807, 2.05) is 54.8 Å². The van der Waals surface area contributed by atoms with Gasteiger partial charge in [-0.25, -0.2) is 0 Å². The number of nitrogens with one attached hydrogen (secondary N) is 3. The molecule has 1 aliphatic carbocycles. The van der Waals surface area contributed by atoms with Crippen LogP contribution in [0, 0.1) is 17.2 Å². The highest BCUT2D eigenvalue weighted by Crippen LogP contribution is 2.42. The fourth-order valence-electron chi connectivity index (χ4n) is 4.60. The highest BCUT2D eigenvalue weighted by atomic mass is 32.2. The van der Waals surface area contributed by atoms with Crippen LogP contribution < -0.4 is 16.0 Å². The van der Waals surface area contributed by atoms with Crippen molar-refractivity contribution in [2.24, 2.45) is 5.92 Å². The molecule has 2 aromatic rings. The molecular formula is C27H30N4O2S2. The minimum Gasteiger partial charge on any atom is -0.353 e. The Bertz CT molecular complexity index is 1160. The lowest BCUT2D eigenvalue weighted by Crippen LogP contribution is -2.38. The Morgan fingerprint density at radius 2 is 1.89 bits per heavy atom. The van der Waals surface area contributed by atoms with Gasteiger partial charge in [0.1, 0.15) is 0 Å². The standard InChI is InChI=1S/C27H30N4O2S2/c1-17-10-12-20(13-11-17)30-23(32)16-35-27-21(15-28)25(22-9-6-14-34-22)24(18(2)29-27)26(33)31-19-7-4-3-5-8-19/h3-9,14,17,20,25,29H,10-13,16H2,1-2H3,(H,30,32)(H,31,33). The number of amides is 2. The number of thiophene rings is 1. The van der Waals surface area contributed by atoms with Crippen molar-refractivity contribution in [1.29, 1.82) is 5.26 Å². The van der Waals surface area contributed by atoms with Crippen molar-refractivity contribution in [3.63, 3.8) is 0 Å². The van der Waals surface area contributed by atoms with Gasteiger partial charge >= 0.3 is 0 Å². The van der Waals surface area contributed by atoms with Gasteiger partial charge in [-0.1, -0.05) is 43.0 Å². The van der Waals surface area contributed by atoms with E-state index >= 15 is 0 Å². The molecule has 1 unspecified atom stereocenters. The minimum absolute atomic E-state index is 0.0249. The van der Waals surface area contributed by atoms with E-state index in [4.69, 9.17) is 0 Å². The van der Waals surface area contributed by atoms with Crippen LogP contribution in [-0.4, -0.2) is 23.6 Å². The second-order valence-electron chi connectivity index (χ2n) is 9.10. The number of carbonyl (C=O) groups excluding carboxylic acids is 2. The van der Waals surface area contributed by atoms with Crippen LogP contribution in [0.4, 0.5) is 5.69 Å². The molecule has 0 radical (unpaired) electrons. The maximum Gasteiger partial charge on any atom is 0.254 e. The predicted molar refractivity (Wildman–Crippen MR) is 143 cm³/mol. The zero-order valence-corrected chi connectivity index (χ0v) is 21.6. The topological polar surface area (TPSA) is 94.0 Å². The summed E-state index contributed by atoms with van der Waals surface area (Å²) in [5, 5.41) is 22.1. The molecule has 2 amide bonds. The first kappa shape index (κ1) is 25.1. The molecule has 8 heteroatoms. The molecule has 1 atom stereocenters. The summed E-state index contributed by atoms with van der Waals surface area (Å²) in [6, 6.07) is 15.7. The summed E-state index contributed by atoms with van der Waals surface area (Å²) in [6.07, 6.45) is 4.32. The molecule has 6 nitrogen and oxygen atoms in total. The smallest absolute Gasteiger partial charge is 0.254 e. The van der Waals surface area contributed by atoms with Crippen LogP contribution in [0.2, 0.25) is 0 Å². The van der Waals surface area contributed by atoms with Gasteiger partial charge in [0.05, 0.1) is 28.3 Å². The van der Waals surface area contributed by atoms with Gasteiger partial charge < -0.3 is 16.0 Å². The Hall–Kier alpha value is -3.02. The lowest BCUT2D eigenvalue weighted by atomic mass is 9.86. The zero-order valence-electron chi connectivity index (χ0n) is 20.0. The maximum absolute atomic E-state index is 13.4. The van der Waals surface area contributed by atoms with Crippen LogP contribution in [-0.2, 0) is 9.59 Å². The molecule has 4 rings (SSSR count). The molecule has 2 heterocycles. The minimum atomic E-state index is -0.490. The average molecular weight is 507 g/mol. The van der Waals surface area contributed by atoms with Crippen molar-refractivity contribution in [1.82, 2.24) is 10.6 Å². The van der Waals surface area contributed by atoms with Gasteiger partial charge in [0, 0.05) is 27.9 Å². The van der Waals surface area contributed by atoms with Crippen LogP contribution in [0.15, 0.2) is 69.7 Å². The van der Waals surface area contributed by atoms with Crippen molar-refractivity contribution in [2.75, 3.05) is 11.1 Å². The van der Waals surface area contributed by atoms with Crippen molar-refractivity contribution in [3.8, 4) is 6.07 Å². The molecular weight excluding hydrogens is 476 g/mol. The third-order valence-electron chi connectivity index (χ3n) is 6.48.